The van der Waals surface area contributed by atoms with Crippen LogP contribution in [0.2, 0.25) is 0 Å². The standard InChI is InChI=1S/C22H32N4O5S/c1-15(19-13-18(30-4)9-10-20(19)31-5)23-21(27)14-26-17(3)22(16(2)24-26)32(28,29)25-11-7-6-8-12-25/h9-10,13,15H,6-8,11-12,14H2,1-5H3,(H,23,27). The number of nitrogens with zero attached hydrogens (tertiary/aromatic N) is 3. The Kier molecular flexibility index (Phi) is 7.45. The number of carbonyl (C=O) groups is 1. The van der Waals surface area contributed by atoms with Gasteiger partial charge in [-0.25, -0.2) is 8.42 Å². The minimum Gasteiger partial charge on any atom is -0.497 e. The van der Waals surface area contributed by atoms with Gasteiger partial charge in [0, 0.05) is 18.7 Å². The Labute approximate surface area is 189 Å². The van der Waals surface area contributed by atoms with Crippen molar-refractivity contribution in [1.29, 1.82) is 0 Å². The second-order valence-electron chi connectivity index (χ2n) is 8.02. The molecule has 2 aromatic rings. The SMILES string of the molecule is COc1ccc(OC)c(C(C)NC(=O)Cn2nc(C)c(S(=O)(=O)N3CCCCC3)c2C)c1. The molecule has 0 aliphatic carbocycles. The number of sulfonamides is 1. The van der Waals surface area contributed by atoms with Crippen molar-refractivity contribution in [3.05, 3.63) is 35.2 Å². The van der Waals surface area contributed by atoms with Gasteiger partial charge in [-0.05, 0) is 51.8 Å². The molecule has 0 radical (unpaired) electrons. The highest BCUT2D eigenvalue weighted by Gasteiger charge is 2.32. The van der Waals surface area contributed by atoms with E-state index in [4.69, 9.17) is 9.47 Å². The molecule has 1 unspecified atom stereocenters. The summed E-state index contributed by atoms with van der Waals surface area (Å²) >= 11 is 0. The molecule has 1 saturated heterocycles. The van der Waals surface area contributed by atoms with Crippen LogP contribution in [0.3, 0.4) is 0 Å². The molecule has 2 heterocycles. The Balaban J connectivity index is 1.77. The van der Waals surface area contributed by atoms with Crippen LogP contribution in [0.5, 0.6) is 11.5 Å². The fourth-order valence-corrected chi connectivity index (χ4v) is 6.01. The molecule has 3 rings (SSSR count). The Morgan fingerprint density at radius 1 is 1.16 bits per heavy atom. The fraction of sp³-hybridized carbons (Fsp3) is 0.545. The zero-order valence-electron chi connectivity index (χ0n) is 19.3. The number of hydrogen-bond acceptors (Lipinski definition) is 6. The van der Waals surface area contributed by atoms with E-state index in [0.29, 0.717) is 36.0 Å². The van der Waals surface area contributed by atoms with Crippen LogP contribution in [0.1, 0.15) is 49.2 Å². The highest BCUT2D eigenvalue weighted by atomic mass is 32.2. The lowest BCUT2D eigenvalue weighted by molar-refractivity contribution is -0.122. The zero-order chi connectivity index (χ0) is 23.5. The molecular formula is C22H32N4O5S. The van der Waals surface area contributed by atoms with E-state index in [-0.39, 0.29) is 23.4 Å². The summed E-state index contributed by atoms with van der Waals surface area (Å²) in [6.45, 7) is 6.17. The first kappa shape index (κ1) is 24.1. The smallest absolute Gasteiger partial charge is 0.246 e. The molecule has 0 saturated carbocycles. The second kappa shape index (κ2) is 9.91. The first-order chi connectivity index (χ1) is 15.2. The maximum absolute atomic E-state index is 13.2. The summed E-state index contributed by atoms with van der Waals surface area (Å²) in [5, 5.41) is 7.29. The van der Waals surface area contributed by atoms with Crippen LogP contribution >= 0.6 is 0 Å². The Hall–Kier alpha value is -2.59. The van der Waals surface area contributed by atoms with Gasteiger partial charge in [-0.3, -0.25) is 9.48 Å². The lowest BCUT2D eigenvalue weighted by Gasteiger charge is -2.26. The number of hydrogen-bond donors (Lipinski definition) is 1. The first-order valence-corrected chi connectivity index (χ1v) is 12.2. The third-order valence-electron chi connectivity index (χ3n) is 5.80. The van der Waals surface area contributed by atoms with Gasteiger partial charge in [0.05, 0.1) is 31.6 Å². The number of piperidine rings is 1. The lowest BCUT2D eigenvalue weighted by Crippen LogP contribution is -2.36. The molecule has 1 aliphatic rings. The van der Waals surface area contributed by atoms with Crippen LogP contribution in [0.25, 0.3) is 0 Å². The molecule has 1 atom stereocenters. The number of aryl methyl sites for hydroxylation is 1. The van der Waals surface area contributed by atoms with E-state index in [0.717, 1.165) is 24.8 Å². The quantitative estimate of drug-likeness (QED) is 0.644. The minimum absolute atomic E-state index is 0.0845. The molecule has 1 aromatic heterocycles. The maximum atomic E-state index is 13.2. The summed E-state index contributed by atoms with van der Waals surface area (Å²) in [5.41, 5.74) is 1.65. The predicted molar refractivity (Wildman–Crippen MR) is 120 cm³/mol. The van der Waals surface area contributed by atoms with Gasteiger partial charge < -0.3 is 14.8 Å². The second-order valence-corrected chi connectivity index (χ2v) is 9.89. The van der Waals surface area contributed by atoms with E-state index in [1.807, 2.05) is 13.0 Å². The largest absolute Gasteiger partial charge is 0.497 e. The molecule has 10 heteroatoms. The third-order valence-corrected chi connectivity index (χ3v) is 7.95. The van der Waals surface area contributed by atoms with E-state index in [1.165, 1.54) is 8.99 Å². The van der Waals surface area contributed by atoms with E-state index >= 15 is 0 Å². The van der Waals surface area contributed by atoms with Crippen molar-refractivity contribution in [2.45, 2.75) is 57.5 Å². The van der Waals surface area contributed by atoms with Gasteiger partial charge in [-0.1, -0.05) is 6.42 Å². The highest BCUT2D eigenvalue weighted by Crippen LogP contribution is 2.29. The average molecular weight is 465 g/mol. The molecule has 176 valence electrons. The van der Waals surface area contributed by atoms with Crippen LogP contribution in [0.4, 0.5) is 0 Å². The van der Waals surface area contributed by atoms with Crippen molar-refractivity contribution >= 4 is 15.9 Å². The molecule has 9 nitrogen and oxygen atoms in total. The van der Waals surface area contributed by atoms with E-state index in [9.17, 15) is 13.2 Å². The first-order valence-electron chi connectivity index (χ1n) is 10.7. The van der Waals surface area contributed by atoms with Crippen molar-refractivity contribution in [2.24, 2.45) is 0 Å². The number of ether oxygens (including phenoxy) is 2. The molecular weight excluding hydrogens is 432 g/mol. The van der Waals surface area contributed by atoms with Crippen LogP contribution in [0.15, 0.2) is 23.1 Å². The van der Waals surface area contributed by atoms with Crippen LogP contribution in [-0.4, -0.2) is 55.7 Å². The third kappa shape index (κ3) is 4.91. The molecule has 0 bridgehead atoms. The van der Waals surface area contributed by atoms with Gasteiger partial charge in [0.25, 0.3) is 0 Å². The Bertz CT molecular complexity index is 1070. The van der Waals surface area contributed by atoms with E-state index < -0.39 is 10.0 Å². The zero-order valence-corrected chi connectivity index (χ0v) is 20.2. The fourth-order valence-electron chi connectivity index (χ4n) is 4.12. The van der Waals surface area contributed by atoms with Gasteiger partial charge in [-0.2, -0.15) is 9.40 Å². The number of aromatic nitrogens is 2. The van der Waals surface area contributed by atoms with Crippen molar-refractivity contribution in [3.8, 4) is 11.5 Å². The van der Waals surface area contributed by atoms with Crippen LogP contribution in [-0.2, 0) is 21.4 Å². The number of rotatable bonds is 8. The molecule has 1 N–H and O–H groups in total. The van der Waals surface area contributed by atoms with Gasteiger partial charge in [0.15, 0.2) is 0 Å². The number of benzene rings is 1. The number of nitrogens with one attached hydrogen (secondary N) is 1. The summed E-state index contributed by atoms with van der Waals surface area (Å²) < 4.78 is 40.0. The predicted octanol–water partition coefficient (Wildman–Crippen LogP) is 2.57. The van der Waals surface area contributed by atoms with Gasteiger partial charge in [-0.15, -0.1) is 0 Å². The monoisotopic (exact) mass is 464 g/mol. The molecule has 1 fully saturated rings. The Morgan fingerprint density at radius 3 is 2.47 bits per heavy atom. The van der Waals surface area contributed by atoms with Crippen molar-refractivity contribution in [3.63, 3.8) is 0 Å². The molecule has 1 aromatic carbocycles. The number of amides is 1. The molecule has 0 spiro atoms. The topological polar surface area (TPSA) is 103 Å². The summed E-state index contributed by atoms with van der Waals surface area (Å²) in [4.78, 5) is 13.0. The van der Waals surface area contributed by atoms with Gasteiger partial charge >= 0.3 is 0 Å². The van der Waals surface area contributed by atoms with Crippen molar-refractivity contribution in [2.75, 3.05) is 27.3 Å². The molecule has 32 heavy (non-hydrogen) atoms. The van der Waals surface area contributed by atoms with Crippen LogP contribution in [0, 0.1) is 13.8 Å². The van der Waals surface area contributed by atoms with Gasteiger partial charge in [0.1, 0.15) is 22.9 Å². The van der Waals surface area contributed by atoms with Crippen molar-refractivity contribution in [1.82, 2.24) is 19.4 Å². The average Bonchev–Trinajstić information content (AvgIpc) is 3.06. The van der Waals surface area contributed by atoms with E-state index in [1.54, 1.807) is 40.2 Å². The summed E-state index contributed by atoms with van der Waals surface area (Å²) in [6.07, 6.45) is 2.76. The number of methoxy groups -OCH3 is 2. The van der Waals surface area contributed by atoms with Gasteiger partial charge in [0.2, 0.25) is 15.9 Å². The lowest BCUT2D eigenvalue weighted by atomic mass is 10.1. The minimum atomic E-state index is -3.63. The maximum Gasteiger partial charge on any atom is 0.246 e. The molecule has 1 aliphatic heterocycles. The van der Waals surface area contributed by atoms with Crippen LogP contribution < -0.4 is 14.8 Å². The summed E-state index contributed by atoms with van der Waals surface area (Å²) in [5.74, 6) is 1.02. The summed E-state index contributed by atoms with van der Waals surface area (Å²) in [6, 6.07) is 5.05. The van der Waals surface area contributed by atoms with Crippen molar-refractivity contribution < 1.29 is 22.7 Å². The normalized spacial score (nSPS) is 15.9. The van der Waals surface area contributed by atoms with E-state index in [2.05, 4.69) is 10.4 Å². The number of carbonyl (C=O) groups excluding carboxylic acids is 1. The molecule has 1 amide bonds. The highest BCUT2D eigenvalue weighted by molar-refractivity contribution is 7.89. The Morgan fingerprint density at radius 2 is 1.84 bits per heavy atom. The summed E-state index contributed by atoms with van der Waals surface area (Å²) in [7, 11) is -0.487.